The highest BCUT2D eigenvalue weighted by molar-refractivity contribution is 5.82. The maximum Gasteiger partial charge on any atom is 0.414 e. The number of amides is 1. The Morgan fingerprint density at radius 3 is 2.44 bits per heavy atom. The van der Waals surface area contributed by atoms with Crippen LogP contribution in [0.4, 0.5) is 10.7 Å². The fourth-order valence-corrected chi connectivity index (χ4v) is 1.10. The third-order valence-electron chi connectivity index (χ3n) is 1.98. The number of nitriles is 1. The summed E-state index contributed by atoms with van der Waals surface area (Å²) in [5.41, 5.74) is 0.131. The van der Waals surface area contributed by atoms with Crippen LogP contribution in [0.15, 0.2) is 12.4 Å². The lowest BCUT2D eigenvalue weighted by atomic mass is 10.1. The van der Waals surface area contributed by atoms with Gasteiger partial charge in [0.25, 0.3) is 0 Å². The van der Waals surface area contributed by atoms with E-state index < -0.39 is 11.7 Å². The number of rotatable bonds is 2. The number of nitrogens with one attached hydrogen (secondary N) is 1. The lowest BCUT2D eigenvalue weighted by molar-refractivity contribution is 0.0634. The summed E-state index contributed by atoms with van der Waals surface area (Å²) in [5, 5.41) is 11.2. The summed E-state index contributed by atoms with van der Waals surface area (Å²) in [7, 11) is 0. The highest BCUT2D eigenvalue weighted by atomic mass is 16.6. The van der Waals surface area contributed by atoms with Gasteiger partial charge in [-0.3, -0.25) is 5.32 Å². The van der Waals surface area contributed by atoms with Gasteiger partial charge in [-0.05, 0) is 27.7 Å². The van der Waals surface area contributed by atoms with E-state index in [4.69, 9.17) is 10.00 Å². The minimum atomic E-state index is -0.608. The topological polar surface area (TPSA) is 87.9 Å². The van der Waals surface area contributed by atoms with Gasteiger partial charge in [0.2, 0.25) is 5.95 Å². The van der Waals surface area contributed by atoms with Crippen LogP contribution >= 0.6 is 0 Å². The van der Waals surface area contributed by atoms with E-state index in [1.54, 1.807) is 27.7 Å². The van der Waals surface area contributed by atoms with Crippen molar-refractivity contribution >= 4 is 12.0 Å². The molecule has 1 atom stereocenters. The van der Waals surface area contributed by atoms with Crippen LogP contribution in [0.1, 0.15) is 39.2 Å². The number of ether oxygens (including phenoxy) is 1. The number of hydrogen-bond donors (Lipinski definition) is 1. The smallest absolute Gasteiger partial charge is 0.414 e. The van der Waals surface area contributed by atoms with Crippen LogP contribution in [0, 0.1) is 11.3 Å². The van der Waals surface area contributed by atoms with E-state index in [1.165, 1.54) is 12.4 Å². The molecule has 0 saturated carbocycles. The second-order valence-corrected chi connectivity index (χ2v) is 4.82. The van der Waals surface area contributed by atoms with Crippen LogP contribution in [0.3, 0.4) is 0 Å². The molecule has 0 radical (unpaired) electrons. The van der Waals surface area contributed by atoms with Crippen LogP contribution in [0.25, 0.3) is 0 Å². The summed E-state index contributed by atoms with van der Waals surface area (Å²) in [4.78, 5) is 19.3. The van der Waals surface area contributed by atoms with Crippen molar-refractivity contribution in [2.24, 2.45) is 0 Å². The first-order valence-electron chi connectivity index (χ1n) is 5.53. The molecule has 0 aliphatic rings. The molecule has 1 aromatic rings. The van der Waals surface area contributed by atoms with Crippen LogP contribution in [-0.4, -0.2) is 21.7 Å². The van der Waals surface area contributed by atoms with Crippen molar-refractivity contribution in [3.05, 3.63) is 18.0 Å². The fraction of sp³-hybridized carbons (Fsp3) is 0.500. The first kappa shape index (κ1) is 13.9. The molecule has 0 bridgehead atoms. The number of hydrogen-bond acceptors (Lipinski definition) is 5. The number of carbonyl (C=O) groups excluding carboxylic acids is 1. The molecule has 1 N–H and O–H groups in total. The van der Waals surface area contributed by atoms with E-state index in [2.05, 4.69) is 21.4 Å². The molecular weight excluding hydrogens is 232 g/mol. The van der Waals surface area contributed by atoms with Crippen LogP contribution in [0.2, 0.25) is 0 Å². The molecular formula is C12H16N4O2. The lowest BCUT2D eigenvalue weighted by Crippen LogP contribution is -2.27. The molecule has 1 rings (SSSR count). The third kappa shape index (κ3) is 4.37. The zero-order valence-corrected chi connectivity index (χ0v) is 10.9. The summed E-state index contributed by atoms with van der Waals surface area (Å²) >= 11 is 0. The van der Waals surface area contributed by atoms with Crippen LogP contribution in [0.5, 0.6) is 0 Å². The fourth-order valence-electron chi connectivity index (χ4n) is 1.10. The van der Waals surface area contributed by atoms with Crippen molar-refractivity contribution in [3.8, 4) is 6.07 Å². The predicted molar refractivity (Wildman–Crippen MR) is 65.9 cm³/mol. The molecule has 0 spiro atoms. The number of anilines is 1. The van der Waals surface area contributed by atoms with E-state index in [9.17, 15) is 4.79 Å². The minimum absolute atomic E-state index is 0.151. The van der Waals surface area contributed by atoms with E-state index in [-0.39, 0.29) is 11.9 Å². The van der Waals surface area contributed by atoms with Gasteiger partial charge in [0.1, 0.15) is 5.60 Å². The molecule has 18 heavy (non-hydrogen) atoms. The summed E-state index contributed by atoms with van der Waals surface area (Å²) in [6, 6.07) is 2.08. The van der Waals surface area contributed by atoms with Crippen molar-refractivity contribution in [3.63, 3.8) is 0 Å². The quantitative estimate of drug-likeness (QED) is 0.868. The second-order valence-electron chi connectivity index (χ2n) is 4.82. The SMILES string of the molecule is CC(C#N)c1cnc(NC(=O)OC(C)(C)C)nc1. The van der Waals surface area contributed by atoms with E-state index in [0.29, 0.717) is 5.56 Å². The van der Waals surface area contributed by atoms with Gasteiger partial charge in [-0.15, -0.1) is 0 Å². The van der Waals surface area contributed by atoms with Crippen molar-refractivity contribution in [1.29, 1.82) is 5.26 Å². The van der Waals surface area contributed by atoms with Crippen molar-refractivity contribution in [1.82, 2.24) is 9.97 Å². The number of nitrogens with zero attached hydrogens (tertiary/aromatic N) is 3. The maximum atomic E-state index is 11.4. The Labute approximate surface area is 106 Å². The van der Waals surface area contributed by atoms with E-state index in [0.717, 1.165) is 0 Å². The lowest BCUT2D eigenvalue weighted by Gasteiger charge is -2.19. The van der Waals surface area contributed by atoms with E-state index in [1.807, 2.05) is 0 Å². The molecule has 0 fully saturated rings. The molecule has 96 valence electrons. The van der Waals surface area contributed by atoms with Crippen molar-refractivity contribution < 1.29 is 9.53 Å². The summed E-state index contributed by atoms with van der Waals surface area (Å²) in [6.07, 6.45) is 2.41. The zero-order valence-electron chi connectivity index (χ0n) is 10.9. The van der Waals surface area contributed by atoms with Gasteiger partial charge in [-0.1, -0.05) is 0 Å². The summed E-state index contributed by atoms with van der Waals surface area (Å²) in [6.45, 7) is 7.06. The highest BCUT2D eigenvalue weighted by Crippen LogP contribution is 2.13. The number of carbonyl (C=O) groups is 1. The Kier molecular flexibility index (Phi) is 4.21. The molecule has 6 heteroatoms. The minimum Gasteiger partial charge on any atom is -0.444 e. The molecule has 0 aliphatic carbocycles. The average Bonchev–Trinajstić information content (AvgIpc) is 2.26. The predicted octanol–water partition coefficient (Wildman–Crippen LogP) is 2.45. The molecule has 0 aromatic carbocycles. The molecule has 6 nitrogen and oxygen atoms in total. The molecule has 0 saturated heterocycles. The van der Waals surface area contributed by atoms with Crippen molar-refractivity contribution in [2.75, 3.05) is 5.32 Å². The molecule has 1 aromatic heterocycles. The van der Waals surface area contributed by atoms with Gasteiger partial charge in [-0.2, -0.15) is 5.26 Å². The van der Waals surface area contributed by atoms with Gasteiger partial charge in [0, 0.05) is 18.0 Å². The van der Waals surface area contributed by atoms with Gasteiger partial charge in [0.05, 0.1) is 12.0 Å². The Balaban J connectivity index is 2.65. The first-order valence-corrected chi connectivity index (χ1v) is 5.53. The first-order chi connectivity index (χ1) is 8.31. The Hall–Kier alpha value is -2.16. The number of aromatic nitrogens is 2. The molecule has 1 unspecified atom stereocenters. The highest BCUT2D eigenvalue weighted by Gasteiger charge is 2.17. The summed E-state index contributed by atoms with van der Waals surface area (Å²) < 4.78 is 5.06. The largest absolute Gasteiger partial charge is 0.444 e. The Morgan fingerprint density at radius 1 is 1.44 bits per heavy atom. The van der Waals surface area contributed by atoms with E-state index >= 15 is 0 Å². The maximum absolute atomic E-state index is 11.4. The van der Waals surface area contributed by atoms with Crippen LogP contribution in [-0.2, 0) is 4.74 Å². The molecule has 0 aliphatic heterocycles. The van der Waals surface area contributed by atoms with Gasteiger partial charge < -0.3 is 4.74 Å². The van der Waals surface area contributed by atoms with Gasteiger partial charge in [-0.25, -0.2) is 14.8 Å². The summed E-state index contributed by atoms with van der Waals surface area (Å²) in [5.74, 6) is -0.126. The third-order valence-corrected chi connectivity index (χ3v) is 1.98. The van der Waals surface area contributed by atoms with Crippen LogP contribution < -0.4 is 5.32 Å². The van der Waals surface area contributed by atoms with Gasteiger partial charge in [0.15, 0.2) is 0 Å². The Bertz CT molecular complexity index is 456. The van der Waals surface area contributed by atoms with Gasteiger partial charge >= 0.3 is 6.09 Å². The normalized spacial score (nSPS) is 12.4. The molecule has 1 amide bonds. The standard InChI is InChI=1S/C12H16N4O2/c1-8(5-13)9-6-14-10(15-7-9)16-11(17)18-12(2,3)4/h6-8H,1-4H3,(H,14,15,16,17). The Morgan fingerprint density at radius 2 is 2.00 bits per heavy atom. The van der Waals surface area contributed by atoms with Crippen molar-refractivity contribution in [2.45, 2.75) is 39.2 Å². The molecule has 1 heterocycles. The average molecular weight is 248 g/mol. The monoisotopic (exact) mass is 248 g/mol. The zero-order chi connectivity index (χ0) is 13.8. The second kappa shape index (κ2) is 5.45.